The number of hydrogen-bond acceptors (Lipinski definition) is 4. The summed E-state index contributed by atoms with van der Waals surface area (Å²) in [5, 5.41) is 4.39. The fourth-order valence-corrected chi connectivity index (χ4v) is 6.94. The van der Waals surface area contributed by atoms with Crippen molar-refractivity contribution in [2.75, 3.05) is 36.1 Å². The van der Waals surface area contributed by atoms with Gasteiger partial charge in [0.1, 0.15) is 0 Å². The van der Waals surface area contributed by atoms with Gasteiger partial charge in [-0.15, -0.1) is 0 Å². The summed E-state index contributed by atoms with van der Waals surface area (Å²) in [5.41, 5.74) is 7.41. The summed E-state index contributed by atoms with van der Waals surface area (Å²) < 4.78 is 8.14. The first-order valence-corrected chi connectivity index (χ1v) is 14.1. The molecule has 1 aliphatic carbocycles. The van der Waals surface area contributed by atoms with Crippen LogP contribution in [0.2, 0.25) is 0 Å². The van der Waals surface area contributed by atoms with Crippen molar-refractivity contribution in [3.63, 3.8) is 0 Å². The largest absolute Gasteiger partial charge is 0.378 e. The lowest BCUT2D eigenvalue weighted by Gasteiger charge is -2.31. The van der Waals surface area contributed by atoms with Gasteiger partial charge < -0.3 is 24.4 Å². The molecule has 0 radical (unpaired) electrons. The molecule has 4 heterocycles. The lowest BCUT2D eigenvalue weighted by molar-refractivity contribution is 0.122. The van der Waals surface area contributed by atoms with Gasteiger partial charge in [-0.1, -0.05) is 25.3 Å². The number of aryl methyl sites for hydroxylation is 1. The third kappa shape index (κ3) is 4.64. The number of ether oxygens (including phenoxy) is 1. The lowest BCUT2D eigenvalue weighted by Crippen LogP contribution is -2.36. The molecule has 3 aliphatic rings. The highest BCUT2D eigenvalue weighted by Gasteiger charge is 2.42. The molecule has 6 nitrogen and oxygen atoms in total. The molecule has 6 rings (SSSR count). The lowest BCUT2D eigenvalue weighted by atomic mass is 9.94. The van der Waals surface area contributed by atoms with E-state index in [1.807, 2.05) is 12.3 Å². The fourth-order valence-electron chi connectivity index (χ4n) is 6.60. The number of thiocarbonyl (C=S) groups is 1. The summed E-state index contributed by atoms with van der Waals surface area (Å²) in [6.07, 6.45) is 8.43. The number of morpholine rings is 1. The van der Waals surface area contributed by atoms with E-state index in [0.717, 1.165) is 42.8 Å². The Bertz CT molecular complexity index is 1230. The minimum atomic E-state index is -0.0204. The predicted octanol–water partition coefficient (Wildman–Crippen LogP) is 6.02. The van der Waals surface area contributed by atoms with Crippen LogP contribution in [0.25, 0.3) is 0 Å². The summed E-state index contributed by atoms with van der Waals surface area (Å²) in [7, 11) is 0. The molecule has 0 spiro atoms. The van der Waals surface area contributed by atoms with Crippen molar-refractivity contribution in [2.24, 2.45) is 0 Å². The first-order valence-electron chi connectivity index (χ1n) is 13.7. The molecule has 2 aromatic heterocycles. The van der Waals surface area contributed by atoms with Gasteiger partial charge in [-0.25, -0.2) is 0 Å². The molecule has 0 bridgehead atoms. The van der Waals surface area contributed by atoms with Crippen molar-refractivity contribution in [1.29, 1.82) is 0 Å². The average molecular weight is 516 g/mol. The normalized spacial score (nSPS) is 22.9. The van der Waals surface area contributed by atoms with Crippen LogP contribution in [0.5, 0.6) is 0 Å². The number of rotatable bonds is 5. The zero-order valence-corrected chi connectivity index (χ0v) is 22.7. The van der Waals surface area contributed by atoms with Gasteiger partial charge in [-0.3, -0.25) is 4.98 Å². The van der Waals surface area contributed by atoms with Crippen LogP contribution in [-0.2, 0) is 4.74 Å². The summed E-state index contributed by atoms with van der Waals surface area (Å²) in [4.78, 5) is 9.45. The monoisotopic (exact) mass is 515 g/mol. The van der Waals surface area contributed by atoms with Crippen molar-refractivity contribution in [2.45, 2.75) is 64.1 Å². The number of nitrogens with one attached hydrogen (secondary N) is 1. The zero-order chi connectivity index (χ0) is 25.4. The second-order valence-corrected chi connectivity index (χ2v) is 11.0. The zero-order valence-electron chi connectivity index (χ0n) is 21.9. The average Bonchev–Trinajstić information content (AvgIpc) is 3.45. The van der Waals surface area contributed by atoms with Gasteiger partial charge in [0.25, 0.3) is 0 Å². The molecule has 3 fully saturated rings. The molecule has 0 unspecified atom stereocenters. The molecule has 2 aliphatic heterocycles. The highest BCUT2D eigenvalue weighted by molar-refractivity contribution is 7.80. The summed E-state index contributed by atoms with van der Waals surface area (Å²) >= 11 is 6.00. The Morgan fingerprint density at radius 3 is 2.38 bits per heavy atom. The molecule has 2 saturated heterocycles. The van der Waals surface area contributed by atoms with Crippen LogP contribution in [0.1, 0.15) is 72.9 Å². The topological polar surface area (TPSA) is 45.6 Å². The molecule has 2 atom stereocenters. The maximum atomic E-state index is 6.00. The summed E-state index contributed by atoms with van der Waals surface area (Å²) in [6.45, 7) is 8.00. The number of anilines is 2. The van der Waals surface area contributed by atoms with E-state index in [9.17, 15) is 0 Å². The molecule has 0 amide bonds. The smallest absolute Gasteiger partial charge is 0.174 e. The second-order valence-electron chi connectivity index (χ2n) is 10.6. The van der Waals surface area contributed by atoms with Gasteiger partial charge >= 0.3 is 0 Å². The highest BCUT2D eigenvalue weighted by atomic mass is 32.1. The Kier molecular flexibility index (Phi) is 6.91. The number of nitrogens with zero attached hydrogens (tertiary/aromatic N) is 4. The second kappa shape index (κ2) is 10.5. The SMILES string of the molecule is Cc1cc([C@@H]2[C@H](c3ccccn3)NC(=S)N2c2ccc(N3CCOCC3)cc2)c(C)n1C1CCCCC1. The van der Waals surface area contributed by atoms with Crippen molar-refractivity contribution in [1.82, 2.24) is 14.9 Å². The molecular weight excluding hydrogens is 478 g/mol. The van der Waals surface area contributed by atoms with E-state index in [4.69, 9.17) is 21.9 Å². The third-order valence-corrected chi connectivity index (χ3v) is 8.70. The van der Waals surface area contributed by atoms with Gasteiger partial charge in [-0.05, 0) is 86.9 Å². The van der Waals surface area contributed by atoms with Crippen LogP contribution < -0.4 is 15.1 Å². The van der Waals surface area contributed by atoms with Crippen molar-refractivity contribution in [3.8, 4) is 0 Å². The van der Waals surface area contributed by atoms with Crippen LogP contribution in [0.4, 0.5) is 11.4 Å². The van der Waals surface area contributed by atoms with Gasteiger partial charge in [0.05, 0.1) is 31.0 Å². The van der Waals surface area contributed by atoms with Crippen LogP contribution in [0.3, 0.4) is 0 Å². The fraction of sp³-hybridized carbons (Fsp3) is 0.467. The number of benzene rings is 1. The number of pyridine rings is 1. The molecular formula is C30H37N5OS. The van der Waals surface area contributed by atoms with E-state index in [1.165, 1.54) is 54.7 Å². The summed E-state index contributed by atoms with van der Waals surface area (Å²) in [5.74, 6) is 0. The van der Waals surface area contributed by atoms with Gasteiger partial charge in [0.2, 0.25) is 0 Å². The Hall–Kier alpha value is -2.90. The number of aromatic nitrogens is 2. The Labute approximate surface area is 225 Å². The van der Waals surface area contributed by atoms with Crippen molar-refractivity contribution in [3.05, 3.63) is 77.4 Å². The van der Waals surface area contributed by atoms with Crippen LogP contribution in [0.15, 0.2) is 54.7 Å². The van der Waals surface area contributed by atoms with Crippen LogP contribution in [-0.4, -0.2) is 41.0 Å². The molecule has 7 heteroatoms. The van der Waals surface area contributed by atoms with E-state index in [-0.39, 0.29) is 12.1 Å². The van der Waals surface area contributed by atoms with Gasteiger partial charge in [0, 0.05) is 48.1 Å². The standard InChI is InChI=1S/C30H37N5OS/c1-21-20-26(22(2)34(21)24-8-4-3-5-9-24)29-28(27-10-6-7-15-31-27)32-30(37)35(29)25-13-11-23(12-14-25)33-16-18-36-19-17-33/h6-7,10-15,20,24,28-29H,3-5,8-9,16-19H2,1-2H3,(H,32,37)/t28-,29+/m0/s1. The maximum absolute atomic E-state index is 6.00. The van der Waals surface area contributed by atoms with Crippen molar-refractivity contribution < 1.29 is 4.74 Å². The third-order valence-electron chi connectivity index (χ3n) is 8.38. The number of hydrogen-bond donors (Lipinski definition) is 1. The molecule has 194 valence electrons. The van der Waals surface area contributed by atoms with Crippen molar-refractivity contribution >= 4 is 28.7 Å². The maximum Gasteiger partial charge on any atom is 0.174 e. The van der Waals surface area contributed by atoms with Gasteiger partial charge in [-0.2, -0.15) is 0 Å². The minimum absolute atomic E-state index is 0.0204. The van der Waals surface area contributed by atoms with Crippen LogP contribution in [0, 0.1) is 13.8 Å². The Morgan fingerprint density at radius 2 is 1.68 bits per heavy atom. The predicted molar refractivity (Wildman–Crippen MR) is 153 cm³/mol. The van der Waals surface area contributed by atoms with E-state index >= 15 is 0 Å². The van der Waals surface area contributed by atoms with E-state index in [2.05, 4.69) is 76.0 Å². The van der Waals surface area contributed by atoms with Crippen LogP contribution >= 0.6 is 12.2 Å². The van der Waals surface area contributed by atoms with E-state index in [0.29, 0.717) is 6.04 Å². The summed E-state index contributed by atoms with van der Waals surface area (Å²) in [6, 6.07) is 18.0. The Balaban J connectivity index is 1.40. The molecule has 37 heavy (non-hydrogen) atoms. The quantitative estimate of drug-likeness (QED) is 0.420. The molecule has 1 aromatic carbocycles. The molecule has 3 aromatic rings. The minimum Gasteiger partial charge on any atom is -0.378 e. The van der Waals surface area contributed by atoms with E-state index < -0.39 is 0 Å². The van der Waals surface area contributed by atoms with Gasteiger partial charge in [0.15, 0.2) is 5.11 Å². The molecule has 1 N–H and O–H groups in total. The van der Waals surface area contributed by atoms with E-state index in [1.54, 1.807) is 0 Å². The Morgan fingerprint density at radius 1 is 0.946 bits per heavy atom. The molecule has 1 saturated carbocycles. The first kappa shape index (κ1) is 24.4. The first-order chi connectivity index (χ1) is 18.1. The highest BCUT2D eigenvalue weighted by Crippen LogP contribution is 2.44.